The summed E-state index contributed by atoms with van der Waals surface area (Å²) in [6.07, 6.45) is 0.451. The Bertz CT molecular complexity index is 990. The Kier molecular flexibility index (Phi) is 6.23. The first-order chi connectivity index (χ1) is 13.7. The van der Waals surface area contributed by atoms with E-state index in [1.165, 1.54) is 18.7 Å². The van der Waals surface area contributed by atoms with E-state index in [-0.39, 0.29) is 22.6 Å². The van der Waals surface area contributed by atoms with Crippen molar-refractivity contribution in [3.05, 3.63) is 53.6 Å². The minimum Gasteiger partial charge on any atom is -0.495 e. The molecule has 0 bridgehead atoms. The molecule has 0 spiro atoms. The Balaban J connectivity index is 1.69. The van der Waals surface area contributed by atoms with Gasteiger partial charge in [0.15, 0.2) is 0 Å². The normalized spacial score (nSPS) is 19.3. The molecule has 2 aromatic carbocycles. The molecule has 156 valence electrons. The number of methoxy groups -OCH3 is 1. The van der Waals surface area contributed by atoms with Crippen LogP contribution in [0.1, 0.15) is 43.4 Å². The predicted molar refractivity (Wildman–Crippen MR) is 111 cm³/mol. The summed E-state index contributed by atoms with van der Waals surface area (Å²) in [4.78, 5) is 12.5. The maximum absolute atomic E-state index is 12.6. The van der Waals surface area contributed by atoms with E-state index < -0.39 is 16.1 Å². The lowest BCUT2D eigenvalue weighted by molar-refractivity contribution is -0.117. The van der Waals surface area contributed by atoms with E-state index in [9.17, 15) is 13.2 Å². The van der Waals surface area contributed by atoms with Crippen molar-refractivity contribution >= 4 is 21.6 Å². The monoisotopic (exact) mass is 418 g/mol. The van der Waals surface area contributed by atoms with Crippen LogP contribution in [0.4, 0.5) is 5.69 Å². The fourth-order valence-corrected chi connectivity index (χ4v) is 3.99. The smallest absolute Gasteiger partial charge is 0.242 e. The Morgan fingerprint density at radius 2 is 1.86 bits per heavy atom. The average Bonchev–Trinajstić information content (AvgIpc) is 3.17. The number of carbonyl (C=O) groups excluding carboxylic acids is 1. The number of hydrazine groups is 1. The Labute approximate surface area is 170 Å². The maximum Gasteiger partial charge on any atom is 0.242 e. The molecule has 8 nitrogen and oxygen atoms in total. The highest BCUT2D eigenvalue weighted by Gasteiger charge is 2.31. The topological polar surface area (TPSA) is 123 Å². The van der Waals surface area contributed by atoms with Gasteiger partial charge >= 0.3 is 0 Å². The molecule has 2 atom stereocenters. The molecule has 0 aliphatic carbocycles. The second kappa shape index (κ2) is 8.50. The van der Waals surface area contributed by atoms with Gasteiger partial charge < -0.3 is 10.1 Å². The summed E-state index contributed by atoms with van der Waals surface area (Å²) in [6.45, 7) is 4.23. The summed E-state index contributed by atoms with van der Waals surface area (Å²) in [7, 11) is -2.55. The van der Waals surface area contributed by atoms with Crippen molar-refractivity contribution in [1.29, 1.82) is 0 Å². The second-order valence-electron chi connectivity index (χ2n) is 7.35. The SMILES string of the molecule is COc1ccc(C2CC(C(=O)Nc3ccc(C(C)C)cc3)NN2)cc1S(N)(=O)=O. The molecule has 3 rings (SSSR count). The van der Waals surface area contributed by atoms with Gasteiger partial charge in [0.1, 0.15) is 16.7 Å². The fourth-order valence-electron chi connectivity index (χ4n) is 3.26. The Morgan fingerprint density at radius 3 is 2.45 bits per heavy atom. The van der Waals surface area contributed by atoms with Crippen molar-refractivity contribution in [3.8, 4) is 5.75 Å². The van der Waals surface area contributed by atoms with Crippen LogP contribution in [0.5, 0.6) is 5.75 Å². The fraction of sp³-hybridized carbons (Fsp3) is 0.350. The van der Waals surface area contributed by atoms with E-state index >= 15 is 0 Å². The lowest BCUT2D eigenvalue weighted by Crippen LogP contribution is -2.39. The molecule has 1 amide bonds. The molecule has 1 heterocycles. The molecular formula is C20H26N4O4S. The highest BCUT2D eigenvalue weighted by atomic mass is 32.2. The van der Waals surface area contributed by atoms with Gasteiger partial charge in [0.25, 0.3) is 0 Å². The molecule has 0 saturated carbocycles. The van der Waals surface area contributed by atoms with E-state index in [1.807, 2.05) is 24.3 Å². The summed E-state index contributed by atoms with van der Waals surface area (Å²) < 4.78 is 28.7. The number of amides is 1. The maximum atomic E-state index is 12.6. The van der Waals surface area contributed by atoms with Gasteiger partial charge in [-0.15, -0.1) is 0 Å². The van der Waals surface area contributed by atoms with Gasteiger partial charge in [-0.3, -0.25) is 4.79 Å². The number of hydrogen-bond donors (Lipinski definition) is 4. The Hall–Kier alpha value is -2.46. The van der Waals surface area contributed by atoms with Crippen LogP contribution in [0.3, 0.4) is 0 Å². The minimum absolute atomic E-state index is 0.0857. The van der Waals surface area contributed by atoms with Gasteiger partial charge in [-0.1, -0.05) is 32.0 Å². The quantitative estimate of drug-likeness (QED) is 0.569. The number of nitrogens with one attached hydrogen (secondary N) is 3. The lowest BCUT2D eigenvalue weighted by Gasteiger charge is -2.14. The number of carbonyl (C=O) groups is 1. The van der Waals surface area contributed by atoms with E-state index in [0.717, 1.165) is 5.69 Å². The number of hydrogen-bond acceptors (Lipinski definition) is 6. The molecule has 1 fully saturated rings. The molecule has 1 aliphatic heterocycles. The van der Waals surface area contributed by atoms with Crippen LogP contribution >= 0.6 is 0 Å². The third kappa shape index (κ3) is 4.94. The molecule has 2 unspecified atom stereocenters. The van der Waals surface area contributed by atoms with Crippen molar-refractivity contribution in [2.75, 3.05) is 12.4 Å². The molecule has 1 saturated heterocycles. The van der Waals surface area contributed by atoms with Crippen LogP contribution in [0, 0.1) is 0 Å². The summed E-state index contributed by atoms with van der Waals surface area (Å²) in [5.41, 5.74) is 8.63. The Morgan fingerprint density at radius 1 is 1.17 bits per heavy atom. The van der Waals surface area contributed by atoms with E-state index in [4.69, 9.17) is 9.88 Å². The number of sulfonamides is 1. The molecule has 5 N–H and O–H groups in total. The molecule has 1 aliphatic rings. The van der Waals surface area contributed by atoms with Gasteiger partial charge in [-0.05, 0) is 47.7 Å². The number of nitrogens with two attached hydrogens (primary N) is 1. The third-order valence-electron chi connectivity index (χ3n) is 4.96. The van der Waals surface area contributed by atoms with Crippen molar-refractivity contribution in [2.45, 2.75) is 43.2 Å². The van der Waals surface area contributed by atoms with Crippen molar-refractivity contribution in [2.24, 2.45) is 5.14 Å². The number of rotatable bonds is 6. The summed E-state index contributed by atoms with van der Waals surface area (Å²) in [5, 5.41) is 8.18. The molecule has 0 aromatic heterocycles. The lowest BCUT2D eigenvalue weighted by atomic mass is 10.0. The van der Waals surface area contributed by atoms with E-state index in [2.05, 4.69) is 30.0 Å². The van der Waals surface area contributed by atoms with Crippen molar-refractivity contribution < 1.29 is 17.9 Å². The highest BCUT2D eigenvalue weighted by Crippen LogP contribution is 2.30. The van der Waals surface area contributed by atoms with Gasteiger partial charge in [0.2, 0.25) is 15.9 Å². The summed E-state index contributed by atoms with van der Waals surface area (Å²) >= 11 is 0. The van der Waals surface area contributed by atoms with Crippen LogP contribution < -0.4 is 26.0 Å². The predicted octanol–water partition coefficient (Wildman–Crippen LogP) is 2.01. The van der Waals surface area contributed by atoms with Crippen LogP contribution in [0.25, 0.3) is 0 Å². The van der Waals surface area contributed by atoms with E-state index in [1.54, 1.807) is 12.1 Å². The van der Waals surface area contributed by atoms with Gasteiger partial charge in [0, 0.05) is 11.7 Å². The first-order valence-corrected chi connectivity index (χ1v) is 10.9. The van der Waals surface area contributed by atoms with Crippen LogP contribution in [-0.2, 0) is 14.8 Å². The zero-order valence-corrected chi connectivity index (χ0v) is 17.4. The molecule has 2 aromatic rings. The zero-order chi connectivity index (χ0) is 21.2. The van der Waals surface area contributed by atoms with Gasteiger partial charge in [-0.25, -0.2) is 24.4 Å². The number of ether oxygens (including phenoxy) is 1. The van der Waals surface area contributed by atoms with Crippen molar-refractivity contribution in [1.82, 2.24) is 10.9 Å². The van der Waals surface area contributed by atoms with Gasteiger partial charge in [-0.2, -0.15) is 0 Å². The second-order valence-corrected chi connectivity index (χ2v) is 8.88. The van der Waals surface area contributed by atoms with Gasteiger partial charge in [0.05, 0.1) is 7.11 Å². The third-order valence-corrected chi connectivity index (χ3v) is 5.89. The zero-order valence-electron chi connectivity index (χ0n) is 16.6. The largest absolute Gasteiger partial charge is 0.495 e. The average molecular weight is 419 g/mol. The first-order valence-electron chi connectivity index (χ1n) is 9.31. The van der Waals surface area contributed by atoms with Crippen LogP contribution in [0.2, 0.25) is 0 Å². The number of benzene rings is 2. The summed E-state index contributed by atoms with van der Waals surface area (Å²) in [6, 6.07) is 11.8. The summed E-state index contributed by atoms with van der Waals surface area (Å²) in [5.74, 6) is 0.437. The number of primary sulfonamides is 1. The minimum atomic E-state index is -3.93. The molecule has 9 heteroatoms. The van der Waals surface area contributed by atoms with Crippen LogP contribution in [-0.4, -0.2) is 27.5 Å². The molecular weight excluding hydrogens is 392 g/mol. The standard InChI is InChI=1S/C20H26N4O4S/c1-12(2)13-4-7-15(8-5-13)22-20(25)17-11-16(23-24-17)14-6-9-18(28-3)19(10-14)29(21,26)27/h4-10,12,16-17,23-24H,11H2,1-3H3,(H,22,25)(H2,21,26,27). The molecule has 29 heavy (non-hydrogen) atoms. The first kappa shape index (κ1) is 21.3. The highest BCUT2D eigenvalue weighted by molar-refractivity contribution is 7.89. The van der Waals surface area contributed by atoms with Crippen molar-refractivity contribution in [3.63, 3.8) is 0 Å². The molecule has 0 radical (unpaired) electrons. The van der Waals surface area contributed by atoms with Crippen LogP contribution in [0.15, 0.2) is 47.4 Å². The van der Waals surface area contributed by atoms with E-state index in [0.29, 0.717) is 17.9 Å². The number of anilines is 1.